The Bertz CT molecular complexity index is 1030. The van der Waals surface area contributed by atoms with Crippen LogP contribution in [0.1, 0.15) is 67.7 Å². The Morgan fingerprint density at radius 2 is 1.74 bits per heavy atom. The van der Waals surface area contributed by atoms with E-state index in [2.05, 4.69) is 11.4 Å². The van der Waals surface area contributed by atoms with Crippen LogP contribution in [0.25, 0.3) is 0 Å². The normalized spacial score (nSPS) is 14.9. The van der Waals surface area contributed by atoms with Crippen LogP contribution in [0.4, 0.5) is 0 Å². The number of carbonyl (C=O) groups is 2. The Labute approximate surface area is 219 Å². The molecular weight excluding hydrogens is 483 g/mol. The fourth-order valence-electron chi connectivity index (χ4n) is 4.69. The van der Waals surface area contributed by atoms with Crippen molar-refractivity contribution in [3.63, 3.8) is 0 Å². The van der Waals surface area contributed by atoms with Crippen molar-refractivity contribution in [2.45, 2.75) is 84.8 Å². The second kappa shape index (κ2) is 12.6. The molecule has 0 spiro atoms. The molecule has 5 nitrogen and oxygen atoms in total. The summed E-state index contributed by atoms with van der Waals surface area (Å²) in [4.78, 5) is 28.5. The summed E-state index contributed by atoms with van der Waals surface area (Å²) in [5, 5.41) is 4.10. The molecule has 1 N–H and O–H groups in total. The highest BCUT2D eigenvalue weighted by molar-refractivity contribution is 6.36. The van der Waals surface area contributed by atoms with Crippen molar-refractivity contribution in [2.75, 3.05) is 6.61 Å². The monoisotopic (exact) mass is 518 g/mol. The van der Waals surface area contributed by atoms with Crippen LogP contribution < -0.4 is 10.1 Å². The number of amides is 2. The van der Waals surface area contributed by atoms with Crippen molar-refractivity contribution in [1.82, 2.24) is 10.2 Å². The number of benzene rings is 2. The zero-order valence-electron chi connectivity index (χ0n) is 21.1. The molecule has 190 valence electrons. The maximum absolute atomic E-state index is 13.6. The summed E-state index contributed by atoms with van der Waals surface area (Å²) in [6.07, 6.45) is 5.85. The second-order valence-corrected chi connectivity index (χ2v) is 10.3. The Kier molecular flexibility index (Phi) is 9.88. The van der Waals surface area contributed by atoms with E-state index >= 15 is 0 Å². The number of nitrogens with one attached hydrogen (secondary N) is 1. The van der Waals surface area contributed by atoms with Gasteiger partial charge in [0.2, 0.25) is 5.91 Å². The third-order valence-electron chi connectivity index (χ3n) is 6.84. The fraction of sp³-hybridized carbons (Fsp3) is 0.500. The van der Waals surface area contributed by atoms with E-state index < -0.39 is 6.04 Å². The van der Waals surface area contributed by atoms with Crippen molar-refractivity contribution >= 4 is 35.0 Å². The number of halogens is 2. The van der Waals surface area contributed by atoms with E-state index in [-0.39, 0.29) is 31.0 Å². The van der Waals surface area contributed by atoms with Gasteiger partial charge in [0.25, 0.3) is 5.91 Å². The van der Waals surface area contributed by atoms with Crippen LogP contribution in [-0.4, -0.2) is 35.4 Å². The lowest BCUT2D eigenvalue weighted by molar-refractivity contribution is -0.143. The number of hydrogen-bond acceptors (Lipinski definition) is 3. The first kappa shape index (κ1) is 27.3. The fourth-order valence-corrected chi connectivity index (χ4v) is 5.21. The molecule has 0 saturated heterocycles. The molecule has 1 atom stereocenters. The summed E-state index contributed by atoms with van der Waals surface area (Å²) < 4.78 is 5.97. The quantitative estimate of drug-likeness (QED) is 0.409. The average molecular weight is 520 g/mol. The molecule has 2 amide bonds. The van der Waals surface area contributed by atoms with Crippen LogP contribution in [0.5, 0.6) is 5.75 Å². The average Bonchev–Trinajstić information content (AvgIpc) is 2.82. The first-order chi connectivity index (χ1) is 16.7. The molecule has 2 aromatic rings. The standard InChI is InChI=1S/C28H36Cl2N2O3/c1-5-25(28(34)31-21-10-7-6-8-11-21)32(16-22-23(29)12-9-13-24(22)30)27(33)17-35-26-15-18(2)14-19(3)20(26)4/h9,12-15,21,25H,5-8,10-11,16-17H2,1-4H3,(H,31,34)/t25-/m0/s1. The summed E-state index contributed by atoms with van der Waals surface area (Å²) >= 11 is 12.9. The highest BCUT2D eigenvalue weighted by atomic mass is 35.5. The molecule has 0 unspecified atom stereocenters. The van der Waals surface area contributed by atoms with Gasteiger partial charge >= 0.3 is 0 Å². The zero-order chi connectivity index (χ0) is 25.5. The molecule has 35 heavy (non-hydrogen) atoms. The van der Waals surface area contributed by atoms with E-state index in [0.717, 1.165) is 42.4 Å². The first-order valence-electron chi connectivity index (χ1n) is 12.4. The Morgan fingerprint density at radius 3 is 2.37 bits per heavy atom. The first-order valence-corrected chi connectivity index (χ1v) is 13.2. The topological polar surface area (TPSA) is 58.6 Å². The minimum Gasteiger partial charge on any atom is -0.483 e. The molecule has 0 radical (unpaired) electrons. The van der Waals surface area contributed by atoms with E-state index in [9.17, 15) is 9.59 Å². The van der Waals surface area contributed by atoms with E-state index in [1.807, 2.05) is 33.8 Å². The minimum absolute atomic E-state index is 0.128. The predicted molar refractivity (Wildman–Crippen MR) is 142 cm³/mol. The van der Waals surface area contributed by atoms with Gasteiger partial charge in [-0.25, -0.2) is 0 Å². The smallest absolute Gasteiger partial charge is 0.261 e. The lowest BCUT2D eigenvalue weighted by Gasteiger charge is -2.33. The summed E-state index contributed by atoms with van der Waals surface area (Å²) in [6.45, 7) is 7.85. The molecule has 1 aliphatic rings. The third-order valence-corrected chi connectivity index (χ3v) is 7.55. The van der Waals surface area contributed by atoms with Gasteiger partial charge < -0.3 is 15.0 Å². The summed E-state index contributed by atoms with van der Waals surface area (Å²) in [5.74, 6) is 0.245. The maximum atomic E-state index is 13.6. The van der Waals surface area contributed by atoms with Crippen LogP contribution in [0.3, 0.4) is 0 Å². The van der Waals surface area contributed by atoms with Gasteiger partial charge in [-0.2, -0.15) is 0 Å². The number of carbonyl (C=O) groups excluding carboxylic acids is 2. The van der Waals surface area contributed by atoms with Gasteiger partial charge in [-0.05, 0) is 74.9 Å². The number of aryl methyl sites for hydroxylation is 2. The van der Waals surface area contributed by atoms with Gasteiger partial charge in [0.15, 0.2) is 6.61 Å². The molecule has 1 saturated carbocycles. The number of hydrogen-bond donors (Lipinski definition) is 1. The lowest BCUT2D eigenvalue weighted by atomic mass is 9.95. The van der Waals surface area contributed by atoms with Crippen molar-refractivity contribution < 1.29 is 14.3 Å². The van der Waals surface area contributed by atoms with Crippen molar-refractivity contribution in [3.05, 3.63) is 62.6 Å². The molecule has 0 aliphatic heterocycles. The minimum atomic E-state index is -0.652. The van der Waals surface area contributed by atoms with E-state index in [0.29, 0.717) is 27.8 Å². The summed E-state index contributed by atoms with van der Waals surface area (Å²) in [6, 6.07) is 8.75. The Morgan fingerprint density at radius 1 is 1.09 bits per heavy atom. The second-order valence-electron chi connectivity index (χ2n) is 9.48. The van der Waals surface area contributed by atoms with Crippen molar-refractivity contribution in [2.24, 2.45) is 0 Å². The van der Waals surface area contributed by atoms with Gasteiger partial charge in [-0.15, -0.1) is 0 Å². The molecule has 0 bridgehead atoms. The molecule has 1 fully saturated rings. The van der Waals surface area contributed by atoms with Gasteiger partial charge in [0.05, 0.1) is 0 Å². The third kappa shape index (κ3) is 7.14. The van der Waals surface area contributed by atoms with E-state index in [1.165, 1.54) is 6.42 Å². The van der Waals surface area contributed by atoms with Crippen molar-refractivity contribution in [1.29, 1.82) is 0 Å². The van der Waals surface area contributed by atoms with Crippen molar-refractivity contribution in [3.8, 4) is 5.75 Å². The van der Waals surface area contributed by atoms with Crippen LogP contribution >= 0.6 is 23.2 Å². The number of nitrogens with zero attached hydrogens (tertiary/aromatic N) is 1. The predicted octanol–water partition coefficient (Wildman–Crippen LogP) is 6.55. The van der Waals surface area contributed by atoms with E-state index in [4.69, 9.17) is 27.9 Å². The molecule has 1 aliphatic carbocycles. The number of ether oxygens (including phenoxy) is 1. The molecule has 0 heterocycles. The zero-order valence-corrected chi connectivity index (χ0v) is 22.6. The highest BCUT2D eigenvalue weighted by Gasteiger charge is 2.31. The molecule has 7 heteroatoms. The molecule has 0 aromatic heterocycles. The van der Waals surface area contributed by atoms with E-state index in [1.54, 1.807) is 23.1 Å². The van der Waals surface area contributed by atoms with Gasteiger partial charge in [0.1, 0.15) is 11.8 Å². The van der Waals surface area contributed by atoms with Gasteiger partial charge in [-0.3, -0.25) is 9.59 Å². The summed E-state index contributed by atoms with van der Waals surface area (Å²) in [7, 11) is 0. The van der Waals surface area contributed by atoms with Crippen LogP contribution in [-0.2, 0) is 16.1 Å². The molecule has 2 aromatic carbocycles. The number of rotatable bonds is 9. The largest absolute Gasteiger partial charge is 0.483 e. The Balaban J connectivity index is 1.84. The highest BCUT2D eigenvalue weighted by Crippen LogP contribution is 2.28. The van der Waals surface area contributed by atoms with Gasteiger partial charge in [-0.1, -0.05) is 61.5 Å². The summed E-state index contributed by atoms with van der Waals surface area (Å²) in [5.41, 5.74) is 3.78. The van der Waals surface area contributed by atoms with Crippen LogP contribution in [0.2, 0.25) is 10.0 Å². The van der Waals surface area contributed by atoms with Gasteiger partial charge in [0, 0.05) is 28.2 Å². The van der Waals surface area contributed by atoms with Crippen LogP contribution in [0, 0.1) is 20.8 Å². The maximum Gasteiger partial charge on any atom is 0.261 e. The lowest BCUT2D eigenvalue weighted by Crippen LogP contribution is -2.52. The molecule has 3 rings (SSSR count). The SMILES string of the molecule is CC[C@@H](C(=O)NC1CCCCC1)N(Cc1c(Cl)cccc1Cl)C(=O)COc1cc(C)cc(C)c1C. The Hall–Kier alpha value is -2.24. The van der Waals surface area contributed by atoms with Crippen LogP contribution in [0.15, 0.2) is 30.3 Å². The molecular formula is C28H36Cl2N2O3.